The second-order valence-electron chi connectivity index (χ2n) is 7.64. The van der Waals surface area contributed by atoms with Crippen LogP contribution >= 0.6 is 0 Å². The van der Waals surface area contributed by atoms with E-state index in [0.29, 0.717) is 25.4 Å². The summed E-state index contributed by atoms with van der Waals surface area (Å²) in [6.07, 6.45) is 4.55. The highest BCUT2D eigenvalue weighted by Crippen LogP contribution is 2.28. The van der Waals surface area contributed by atoms with Gasteiger partial charge in [0, 0.05) is 48.7 Å². The Hall–Kier alpha value is -2.30. The Balaban J connectivity index is 1.41. The van der Waals surface area contributed by atoms with Crippen LogP contribution in [0.4, 0.5) is 0 Å². The number of hydrogen-bond acceptors (Lipinski definition) is 2. The number of fused-ring (bicyclic) bond motifs is 1. The molecule has 1 saturated heterocycles. The standard InChI is InChI=1S/C21H27N3O2/c1-15-18(17-8-2-3-9-19(17)22-15)14-20(25)23-10-5-11-24(13-12-23)21(26)16-6-4-7-16/h2-3,8-9,16,22H,4-7,10-14H2,1H3. The lowest BCUT2D eigenvalue weighted by Gasteiger charge is -2.31. The summed E-state index contributed by atoms with van der Waals surface area (Å²) in [5.74, 6) is 0.708. The normalized spacial score (nSPS) is 18.7. The van der Waals surface area contributed by atoms with Gasteiger partial charge in [0.25, 0.3) is 0 Å². The fourth-order valence-corrected chi connectivity index (χ4v) is 4.13. The molecule has 2 aromatic rings. The first kappa shape index (κ1) is 17.1. The molecule has 0 unspecified atom stereocenters. The minimum atomic E-state index is 0.163. The first-order chi connectivity index (χ1) is 12.6. The zero-order valence-electron chi connectivity index (χ0n) is 15.5. The Morgan fingerprint density at radius 1 is 1.04 bits per heavy atom. The molecule has 0 spiro atoms. The van der Waals surface area contributed by atoms with Gasteiger partial charge in [-0.1, -0.05) is 24.6 Å². The molecule has 2 aliphatic rings. The molecular weight excluding hydrogens is 326 g/mol. The van der Waals surface area contributed by atoms with Crippen LogP contribution < -0.4 is 0 Å². The van der Waals surface area contributed by atoms with Gasteiger partial charge < -0.3 is 14.8 Å². The predicted molar refractivity (Wildman–Crippen MR) is 102 cm³/mol. The summed E-state index contributed by atoms with van der Waals surface area (Å²) >= 11 is 0. The third-order valence-electron chi connectivity index (χ3n) is 5.97. The molecule has 0 atom stereocenters. The number of aromatic nitrogens is 1. The van der Waals surface area contributed by atoms with Crippen LogP contribution in [0.3, 0.4) is 0 Å². The molecule has 138 valence electrons. The lowest BCUT2D eigenvalue weighted by atomic mass is 9.84. The Bertz CT molecular complexity index is 822. The smallest absolute Gasteiger partial charge is 0.227 e. The minimum Gasteiger partial charge on any atom is -0.358 e. The lowest BCUT2D eigenvalue weighted by Crippen LogP contribution is -2.41. The van der Waals surface area contributed by atoms with Gasteiger partial charge >= 0.3 is 0 Å². The molecule has 1 N–H and O–H groups in total. The number of aromatic amines is 1. The molecule has 1 aliphatic carbocycles. The molecular formula is C21H27N3O2. The molecule has 5 nitrogen and oxygen atoms in total. The van der Waals surface area contributed by atoms with E-state index in [2.05, 4.69) is 11.1 Å². The average Bonchev–Trinajstić information content (AvgIpc) is 2.76. The van der Waals surface area contributed by atoms with Gasteiger partial charge in [-0.05, 0) is 37.8 Å². The fourth-order valence-electron chi connectivity index (χ4n) is 4.13. The quantitative estimate of drug-likeness (QED) is 0.922. The number of rotatable bonds is 3. The van der Waals surface area contributed by atoms with Crippen molar-refractivity contribution >= 4 is 22.7 Å². The van der Waals surface area contributed by atoms with E-state index in [0.717, 1.165) is 54.5 Å². The van der Waals surface area contributed by atoms with Crippen molar-refractivity contribution in [1.29, 1.82) is 0 Å². The van der Waals surface area contributed by atoms with Gasteiger partial charge in [-0.3, -0.25) is 9.59 Å². The van der Waals surface area contributed by atoms with Crippen molar-refractivity contribution in [2.24, 2.45) is 5.92 Å². The van der Waals surface area contributed by atoms with E-state index in [-0.39, 0.29) is 11.8 Å². The Kier molecular flexibility index (Phi) is 4.70. The van der Waals surface area contributed by atoms with Crippen LogP contribution in [-0.4, -0.2) is 52.8 Å². The molecule has 2 fully saturated rings. The minimum absolute atomic E-state index is 0.163. The third-order valence-corrected chi connectivity index (χ3v) is 5.97. The van der Waals surface area contributed by atoms with Gasteiger partial charge in [-0.2, -0.15) is 0 Å². The number of benzene rings is 1. The molecule has 26 heavy (non-hydrogen) atoms. The van der Waals surface area contributed by atoms with Crippen molar-refractivity contribution in [3.8, 4) is 0 Å². The van der Waals surface area contributed by atoms with Crippen molar-refractivity contribution in [1.82, 2.24) is 14.8 Å². The number of H-pyrrole nitrogens is 1. The molecule has 0 radical (unpaired) electrons. The van der Waals surface area contributed by atoms with Crippen molar-refractivity contribution in [3.05, 3.63) is 35.5 Å². The molecule has 1 saturated carbocycles. The summed E-state index contributed by atoms with van der Waals surface area (Å²) in [6, 6.07) is 8.14. The number of amides is 2. The molecule has 0 bridgehead atoms. The van der Waals surface area contributed by atoms with Crippen molar-refractivity contribution in [3.63, 3.8) is 0 Å². The fraction of sp³-hybridized carbons (Fsp3) is 0.524. The van der Waals surface area contributed by atoms with E-state index in [1.807, 2.05) is 34.9 Å². The van der Waals surface area contributed by atoms with E-state index < -0.39 is 0 Å². The van der Waals surface area contributed by atoms with E-state index in [1.54, 1.807) is 0 Å². The molecule has 2 heterocycles. The largest absolute Gasteiger partial charge is 0.358 e. The van der Waals surface area contributed by atoms with Gasteiger partial charge in [-0.15, -0.1) is 0 Å². The van der Waals surface area contributed by atoms with Crippen LogP contribution in [0.15, 0.2) is 24.3 Å². The van der Waals surface area contributed by atoms with Crippen LogP contribution in [0.2, 0.25) is 0 Å². The van der Waals surface area contributed by atoms with Gasteiger partial charge in [0.1, 0.15) is 0 Å². The first-order valence-corrected chi connectivity index (χ1v) is 9.76. The van der Waals surface area contributed by atoms with Crippen molar-refractivity contribution in [2.75, 3.05) is 26.2 Å². The SMILES string of the molecule is Cc1[nH]c2ccccc2c1CC(=O)N1CCCN(C(=O)C2CCC2)CC1. The number of aryl methyl sites for hydroxylation is 1. The van der Waals surface area contributed by atoms with Crippen LogP contribution in [0, 0.1) is 12.8 Å². The average molecular weight is 353 g/mol. The summed E-state index contributed by atoms with van der Waals surface area (Å²) in [4.78, 5) is 32.7. The summed E-state index contributed by atoms with van der Waals surface area (Å²) in [6.45, 7) is 4.89. The highest BCUT2D eigenvalue weighted by atomic mass is 16.2. The van der Waals surface area contributed by atoms with Gasteiger partial charge in [0.15, 0.2) is 0 Å². The zero-order chi connectivity index (χ0) is 18.1. The van der Waals surface area contributed by atoms with Crippen LogP contribution in [0.25, 0.3) is 10.9 Å². The van der Waals surface area contributed by atoms with Crippen LogP contribution in [0.5, 0.6) is 0 Å². The first-order valence-electron chi connectivity index (χ1n) is 9.76. The second kappa shape index (κ2) is 7.14. The monoisotopic (exact) mass is 353 g/mol. The maximum absolute atomic E-state index is 12.9. The van der Waals surface area contributed by atoms with Crippen molar-refractivity contribution in [2.45, 2.75) is 39.0 Å². The van der Waals surface area contributed by atoms with Gasteiger partial charge in [-0.25, -0.2) is 0 Å². The van der Waals surface area contributed by atoms with E-state index in [4.69, 9.17) is 0 Å². The number of para-hydroxylation sites is 1. The summed E-state index contributed by atoms with van der Waals surface area (Å²) in [7, 11) is 0. The van der Waals surface area contributed by atoms with Crippen molar-refractivity contribution < 1.29 is 9.59 Å². The van der Waals surface area contributed by atoms with E-state index >= 15 is 0 Å². The second-order valence-corrected chi connectivity index (χ2v) is 7.64. The van der Waals surface area contributed by atoms with E-state index in [1.165, 1.54) is 6.42 Å². The number of carbonyl (C=O) groups is 2. The number of carbonyl (C=O) groups excluding carboxylic acids is 2. The number of nitrogens with one attached hydrogen (secondary N) is 1. The molecule has 1 aromatic heterocycles. The Morgan fingerprint density at radius 3 is 2.54 bits per heavy atom. The summed E-state index contributed by atoms with van der Waals surface area (Å²) < 4.78 is 0. The molecule has 4 rings (SSSR count). The zero-order valence-corrected chi connectivity index (χ0v) is 15.5. The van der Waals surface area contributed by atoms with Crippen LogP contribution in [-0.2, 0) is 16.0 Å². The topological polar surface area (TPSA) is 56.4 Å². The highest BCUT2D eigenvalue weighted by molar-refractivity contribution is 5.90. The number of hydrogen-bond donors (Lipinski definition) is 1. The van der Waals surface area contributed by atoms with Gasteiger partial charge in [0.05, 0.1) is 6.42 Å². The van der Waals surface area contributed by atoms with Crippen LogP contribution in [0.1, 0.15) is 36.9 Å². The molecule has 5 heteroatoms. The highest BCUT2D eigenvalue weighted by Gasteiger charge is 2.31. The molecule has 1 aromatic carbocycles. The third kappa shape index (κ3) is 3.22. The maximum atomic E-state index is 12.9. The molecule has 2 amide bonds. The van der Waals surface area contributed by atoms with Gasteiger partial charge in [0.2, 0.25) is 11.8 Å². The van der Waals surface area contributed by atoms with E-state index in [9.17, 15) is 9.59 Å². The Labute approximate surface area is 154 Å². The summed E-state index contributed by atoms with van der Waals surface area (Å²) in [5.41, 5.74) is 3.24. The summed E-state index contributed by atoms with van der Waals surface area (Å²) in [5, 5.41) is 1.13. The maximum Gasteiger partial charge on any atom is 0.227 e. The Morgan fingerprint density at radius 2 is 1.77 bits per heavy atom. The lowest BCUT2D eigenvalue weighted by molar-refractivity contribution is -0.138. The molecule has 1 aliphatic heterocycles. The number of nitrogens with zero attached hydrogens (tertiary/aromatic N) is 2. The predicted octanol–water partition coefficient (Wildman–Crippen LogP) is 2.88.